The SMILES string of the molecule is CCNC(C)c1cnc(-c2ccc(F)cc2C)[nH]1. The van der Waals surface area contributed by atoms with Crippen molar-refractivity contribution in [1.29, 1.82) is 0 Å². The molecule has 2 aromatic rings. The number of imidazole rings is 1. The number of benzene rings is 1. The van der Waals surface area contributed by atoms with Gasteiger partial charge in [-0.25, -0.2) is 9.37 Å². The summed E-state index contributed by atoms with van der Waals surface area (Å²) in [5.41, 5.74) is 2.86. The molecule has 0 saturated carbocycles. The average Bonchev–Trinajstić information content (AvgIpc) is 2.78. The minimum Gasteiger partial charge on any atom is -0.341 e. The number of nitrogens with one attached hydrogen (secondary N) is 2. The lowest BCUT2D eigenvalue weighted by atomic mass is 10.1. The van der Waals surface area contributed by atoms with Crippen molar-refractivity contribution in [3.63, 3.8) is 0 Å². The van der Waals surface area contributed by atoms with Crippen LogP contribution < -0.4 is 5.32 Å². The van der Waals surface area contributed by atoms with Crippen molar-refractivity contribution in [2.24, 2.45) is 0 Å². The first kappa shape index (κ1) is 12.8. The summed E-state index contributed by atoms with van der Waals surface area (Å²) in [5, 5.41) is 3.32. The Morgan fingerprint density at radius 2 is 2.22 bits per heavy atom. The molecule has 0 aliphatic heterocycles. The van der Waals surface area contributed by atoms with Crippen molar-refractivity contribution < 1.29 is 4.39 Å². The van der Waals surface area contributed by atoms with Crippen LogP contribution >= 0.6 is 0 Å². The van der Waals surface area contributed by atoms with Crippen molar-refractivity contribution in [3.8, 4) is 11.4 Å². The maximum atomic E-state index is 13.1. The van der Waals surface area contributed by atoms with Gasteiger partial charge in [-0.05, 0) is 44.2 Å². The minimum atomic E-state index is -0.218. The summed E-state index contributed by atoms with van der Waals surface area (Å²) in [6, 6.07) is 4.96. The third kappa shape index (κ3) is 2.59. The van der Waals surface area contributed by atoms with Crippen LogP contribution in [-0.2, 0) is 0 Å². The molecule has 96 valence electrons. The van der Waals surface area contributed by atoms with Gasteiger partial charge in [0.25, 0.3) is 0 Å². The quantitative estimate of drug-likeness (QED) is 0.871. The van der Waals surface area contributed by atoms with E-state index in [1.54, 1.807) is 6.07 Å². The summed E-state index contributed by atoms with van der Waals surface area (Å²) in [6.45, 7) is 6.94. The number of rotatable bonds is 4. The van der Waals surface area contributed by atoms with Crippen molar-refractivity contribution in [2.75, 3.05) is 6.54 Å². The first-order chi connectivity index (χ1) is 8.61. The number of halogens is 1. The Labute approximate surface area is 106 Å². The Morgan fingerprint density at radius 3 is 2.89 bits per heavy atom. The van der Waals surface area contributed by atoms with Crippen LogP contribution in [0.2, 0.25) is 0 Å². The lowest BCUT2D eigenvalue weighted by Gasteiger charge is -2.09. The number of nitrogens with zero attached hydrogens (tertiary/aromatic N) is 1. The van der Waals surface area contributed by atoms with Gasteiger partial charge in [0, 0.05) is 11.6 Å². The second kappa shape index (κ2) is 5.31. The molecule has 2 rings (SSSR count). The molecule has 0 amide bonds. The molecule has 1 heterocycles. The van der Waals surface area contributed by atoms with Gasteiger partial charge in [0.05, 0.1) is 11.9 Å². The molecular formula is C14H18FN3. The van der Waals surface area contributed by atoms with Crippen LogP contribution in [0, 0.1) is 12.7 Å². The van der Waals surface area contributed by atoms with Gasteiger partial charge in [-0.3, -0.25) is 0 Å². The fourth-order valence-corrected chi connectivity index (χ4v) is 2.00. The number of hydrogen-bond acceptors (Lipinski definition) is 2. The van der Waals surface area contributed by atoms with Gasteiger partial charge < -0.3 is 10.3 Å². The second-order valence-electron chi connectivity index (χ2n) is 4.43. The summed E-state index contributed by atoms with van der Waals surface area (Å²) in [5.74, 6) is 0.566. The molecule has 0 radical (unpaired) electrons. The van der Waals surface area contributed by atoms with Gasteiger partial charge in [-0.1, -0.05) is 6.92 Å². The van der Waals surface area contributed by atoms with E-state index in [1.165, 1.54) is 12.1 Å². The summed E-state index contributed by atoms with van der Waals surface area (Å²) in [4.78, 5) is 7.64. The Kier molecular flexibility index (Phi) is 3.77. The minimum absolute atomic E-state index is 0.218. The monoisotopic (exact) mass is 247 g/mol. The third-order valence-electron chi connectivity index (χ3n) is 3.02. The van der Waals surface area contributed by atoms with Crippen LogP contribution in [0.3, 0.4) is 0 Å². The molecular weight excluding hydrogens is 229 g/mol. The summed E-state index contributed by atoms with van der Waals surface area (Å²) in [7, 11) is 0. The van der Waals surface area contributed by atoms with Crippen molar-refractivity contribution in [3.05, 3.63) is 41.5 Å². The van der Waals surface area contributed by atoms with Crippen LogP contribution in [-0.4, -0.2) is 16.5 Å². The Morgan fingerprint density at radius 1 is 1.44 bits per heavy atom. The Hall–Kier alpha value is -1.68. The van der Waals surface area contributed by atoms with Gasteiger partial charge in [-0.15, -0.1) is 0 Å². The smallest absolute Gasteiger partial charge is 0.137 e. The van der Waals surface area contributed by atoms with Crippen molar-refractivity contribution in [1.82, 2.24) is 15.3 Å². The molecule has 1 atom stereocenters. The number of H-pyrrole nitrogens is 1. The van der Waals surface area contributed by atoms with E-state index >= 15 is 0 Å². The van der Waals surface area contributed by atoms with Crippen molar-refractivity contribution >= 4 is 0 Å². The highest BCUT2D eigenvalue weighted by Crippen LogP contribution is 2.22. The van der Waals surface area contributed by atoms with E-state index in [0.717, 1.165) is 29.2 Å². The zero-order valence-electron chi connectivity index (χ0n) is 10.9. The Bertz CT molecular complexity index is 534. The molecule has 2 N–H and O–H groups in total. The molecule has 3 nitrogen and oxygen atoms in total. The zero-order valence-corrected chi connectivity index (χ0v) is 10.9. The highest BCUT2D eigenvalue weighted by atomic mass is 19.1. The van der Waals surface area contributed by atoms with E-state index in [9.17, 15) is 4.39 Å². The number of hydrogen-bond donors (Lipinski definition) is 2. The maximum absolute atomic E-state index is 13.1. The molecule has 0 aliphatic rings. The lowest BCUT2D eigenvalue weighted by Crippen LogP contribution is -2.17. The largest absolute Gasteiger partial charge is 0.341 e. The average molecular weight is 247 g/mol. The van der Waals surface area contributed by atoms with E-state index in [0.29, 0.717) is 0 Å². The van der Waals surface area contributed by atoms with Crippen LogP contribution in [0.5, 0.6) is 0 Å². The molecule has 1 aromatic heterocycles. The molecule has 0 bridgehead atoms. The molecule has 0 saturated heterocycles. The summed E-state index contributed by atoms with van der Waals surface area (Å²) < 4.78 is 13.1. The molecule has 1 unspecified atom stereocenters. The standard InChI is InChI=1S/C14H18FN3/c1-4-16-10(3)13-8-17-14(18-13)12-6-5-11(15)7-9(12)2/h5-8,10,16H,4H2,1-3H3,(H,17,18). The van der Waals surface area contributed by atoms with E-state index < -0.39 is 0 Å². The molecule has 4 heteroatoms. The first-order valence-electron chi connectivity index (χ1n) is 6.16. The van der Waals surface area contributed by atoms with E-state index in [1.807, 2.05) is 13.1 Å². The third-order valence-corrected chi connectivity index (χ3v) is 3.02. The number of aromatic nitrogens is 2. The second-order valence-corrected chi connectivity index (χ2v) is 4.43. The first-order valence-corrected chi connectivity index (χ1v) is 6.16. The van der Waals surface area contributed by atoms with E-state index in [2.05, 4.69) is 29.1 Å². The maximum Gasteiger partial charge on any atom is 0.137 e. The topological polar surface area (TPSA) is 40.7 Å². The van der Waals surface area contributed by atoms with E-state index in [4.69, 9.17) is 0 Å². The summed E-state index contributed by atoms with van der Waals surface area (Å²) in [6.07, 6.45) is 1.82. The van der Waals surface area contributed by atoms with Crippen LogP contribution in [0.1, 0.15) is 31.1 Å². The predicted octanol–water partition coefficient (Wildman–Crippen LogP) is 3.19. The molecule has 18 heavy (non-hydrogen) atoms. The van der Waals surface area contributed by atoms with E-state index in [-0.39, 0.29) is 11.9 Å². The lowest BCUT2D eigenvalue weighted by molar-refractivity contribution is 0.586. The van der Waals surface area contributed by atoms with Crippen LogP contribution in [0.4, 0.5) is 4.39 Å². The van der Waals surface area contributed by atoms with Gasteiger partial charge in [0.2, 0.25) is 0 Å². The Balaban J connectivity index is 2.29. The van der Waals surface area contributed by atoms with Crippen LogP contribution in [0.15, 0.2) is 24.4 Å². The highest BCUT2D eigenvalue weighted by Gasteiger charge is 2.10. The molecule has 0 aliphatic carbocycles. The van der Waals surface area contributed by atoms with Gasteiger partial charge in [-0.2, -0.15) is 0 Å². The van der Waals surface area contributed by atoms with Gasteiger partial charge >= 0.3 is 0 Å². The number of aromatic amines is 1. The molecule has 0 spiro atoms. The van der Waals surface area contributed by atoms with Gasteiger partial charge in [0.1, 0.15) is 11.6 Å². The normalized spacial score (nSPS) is 12.7. The zero-order chi connectivity index (χ0) is 13.1. The number of aryl methyl sites for hydroxylation is 1. The van der Waals surface area contributed by atoms with Gasteiger partial charge in [0.15, 0.2) is 0 Å². The van der Waals surface area contributed by atoms with Crippen molar-refractivity contribution in [2.45, 2.75) is 26.8 Å². The molecule has 0 fully saturated rings. The summed E-state index contributed by atoms with van der Waals surface area (Å²) >= 11 is 0. The molecule has 1 aromatic carbocycles. The predicted molar refractivity (Wildman–Crippen MR) is 70.8 cm³/mol. The highest BCUT2D eigenvalue weighted by molar-refractivity contribution is 5.60. The van der Waals surface area contributed by atoms with Crippen LogP contribution in [0.25, 0.3) is 11.4 Å². The fourth-order valence-electron chi connectivity index (χ4n) is 2.00. The fraction of sp³-hybridized carbons (Fsp3) is 0.357.